The monoisotopic (exact) mass is 463 g/mol. The summed E-state index contributed by atoms with van der Waals surface area (Å²) in [5.74, 6) is 0.996. The molecule has 7 heteroatoms. The molecule has 2 aliphatic rings. The topological polar surface area (TPSA) is 74.9 Å². The number of aromatic nitrogens is 3. The number of fused-ring (bicyclic) bond motifs is 1. The lowest BCUT2D eigenvalue weighted by molar-refractivity contribution is 0.121. The van der Waals surface area contributed by atoms with E-state index in [0.717, 1.165) is 37.7 Å². The van der Waals surface area contributed by atoms with E-state index in [2.05, 4.69) is 57.0 Å². The predicted octanol–water partition coefficient (Wildman–Crippen LogP) is 4.46. The number of ether oxygens (including phenoxy) is 1. The van der Waals surface area contributed by atoms with Crippen LogP contribution in [-0.2, 0) is 11.3 Å². The summed E-state index contributed by atoms with van der Waals surface area (Å²) in [5, 5.41) is 18.3. The van der Waals surface area contributed by atoms with E-state index in [1.807, 2.05) is 6.20 Å². The lowest BCUT2D eigenvalue weighted by Gasteiger charge is -2.25. The van der Waals surface area contributed by atoms with Crippen LogP contribution in [0.15, 0.2) is 36.5 Å². The van der Waals surface area contributed by atoms with Crippen LogP contribution in [0.1, 0.15) is 62.6 Å². The molecule has 0 bridgehead atoms. The van der Waals surface area contributed by atoms with Gasteiger partial charge in [-0.1, -0.05) is 18.2 Å². The van der Waals surface area contributed by atoms with Gasteiger partial charge in [-0.25, -0.2) is 9.50 Å². The van der Waals surface area contributed by atoms with Crippen molar-refractivity contribution in [2.75, 3.05) is 32.1 Å². The molecule has 2 aromatic heterocycles. The maximum atomic E-state index is 10.1. The van der Waals surface area contributed by atoms with E-state index in [4.69, 9.17) is 9.84 Å². The van der Waals surface area contributed by atoms with Crippen molar-refractivity contribution in [3.05, 3.63) is 47.8 Å². The maximum absolute atomic E-state index is 10.1. The first-order chi connectivity index (χ1) is 16.6. The zero-order valence-electron chi connectivity index (χ0n) is 20.4. The van der Waals surface area contributed by atoms with Gasteiger partial charge < -0.3 is 15.2 Å². The van der Waals surface area contributed by atoms with Gasteiger partial charge in [-0.3, -0.25) is 4.90 Å². The molecule has 182 valence electrons. The Morgan fingerprint density at radius 2 is 1.94 bits per heavy atom. The molecule has 7 nitrogen and oxygen atoms in total. The molecular weight excluding hydrogens is 426 g/mol. The minimum absolute atomic E-state index is 0.119. The smallest absolute Gasteiger partial charge is 0.241 e. The molecule has 34 heavy (non-hydrogen) atoms. The largest absolute Gasteiger partial charge is 0.393 e. The molecule has 1 saturated heterocycles. The van der Waals surface area contributed by atoms with Crippen molar-refractivity contribution in [1.29, 1.82) is 0 Å². The Balaban J connectivity index is 1.51. The van der Waals surface area contributed by atoms with Gasteiger partial charge in [0.05, 0.1) is 24.4 Å². The second kappa shape index (κ2) is 10.4. The number of rotatable bonds is 8. The van der Waals surface area contributed by atoms with Gasteiger partial charge >= 0.3 is 0 Å². The maximum Gasteiger partial charge on any atom is 0.241 e. The van der Waals surface area contributed by atoms with E-state index in [9.17, 15) is 5.11 Å². The molecule has 0 amide bonds. The van der Waals surface area contributed by atoms with Gasteiger partial charge in [0.1, 0.15) is 0 Å². The van der Waals surface area contributed by atoms with E-state index in [-0.39, 0.29) is 12.1 Å². The van der Waals surface area contributed by atoms with Gasteiger partial charge in [0.2, 0.25) is 5.95 Å². The molecule has 0 spiro atoms. The van der Waals surface area contributed by atoms with Crippen molar-refractivity contribution in [1.82, 2.24) is 19.5 Å². The fourth-order valence-corrected chi connectivity index (χ4v) is 5.52. The Hall–Kier alpha value is -2.48. The molecule has 5 rings (SSSR count). The predicted molar refractivity (Wildman–Crippen MR) is 135 cm³/mol. The standard InChI is InChI=1S/C27H37N5O2/c1-19(18-34-2)29-27-28-16-26-24(15-25(32(26)30-27)21-8-10-23(33)11-9-21)22-7-5-6-20(14-22)17-31-12-3-4-13-31/h5-7,14-16,19,21,23,33H,3-4,8-13,17-18H2,1-2H3,(H,29,30)/t19-,21-,23-/m0/s1. The number of benzene rings is 1. The molecule has 2 fully saturated rings. The van der Waals surface area contributed by atoms with E-state index < -0.39 is 0 Å². The first-order valence-corrected chi connectivity index (χ1v) is 12.7. The Kier molecular flexibility index (Phi) is 7.13. The highest BCUT2D eigenvalue weighted by Crippen LogP contribution is 2.38. The lowest BCUT2D eigenvalue weighted by Crippen LogP contribution is -2.23. The van der Waals surface area contributed by atoms with Gasteiger partial charge in [0, 0.05) is 36.9 Å². The summed E-state index contributed by atoms with van der Waals surface area (Å²) in [6, 6.07) is 11.4. The van der Waals surface area contributed by atoms with Gasteiger partial charge in [-0.15, -0.1) is 5.10 Å². The Labute approximate surface area is 202 Å². The van der Waals surface area contributed by atoms with Crippen LogP contribution in [0.25, 0.3) is 16.6 Å². The van der Waals surface area contributed by atoms with Crippen molar-refractivity contribution < 1.29 is 9.84 Å². The molecular formula is C27H37N5O2. The third-order valence-corrected chi connectivity index (χ3v) is 7.29. The van der Waals surface area contributed by atoms with E-state index in [1.54, 1.807) is 7.11 Å². The molecule has 0 radical (unpaired) electrons. The molecule has 1 aromatic carbocycles. The summed E-state index contributed by atoms with van der Waals surface area (Å²) in [6.07, 6.45) is 8.03. The number of aliphatic hydroxyl groups is 1. The highest BCUT2D eigenvalue weighted by molar-refractivity contribution is 5.82. The van der Waals surface area contributed by atoms with Crippen LogP contribution in [0.2, 0.25) is 0 Å². The van der Waals surface area contributed by atoms with Gasteiger partial charge in [-0.2, -0.15) is 0 Å². The molecule has 1 atom stereocenters. The highest BCUT2D eigenvalue weighted by Gasteiger charge is 2.26. The third-order valence-electron chi connectivity index (χ3n) is 7.29. The summed E-state index contributed by atoms with van der Waals surface area (Å²) in [4.78, 5) is 7.18. The Morgan fingerprint density at radius 1 is 1.15 bits per heavy atom. The lowest BCUT2D eigenvalue weighted by atomic mass is 9.85. The van der Waals surface area contributed by atoms with E-state index in [0.29, 0.717) is 18.5 Å². The second-order valence-corrected chi connectivity index (χ2v) is 10.1. The first-order valence-electron chi connectivity index (χ1n) is 12.7. The number of aliphatic hydroxyl groups excluding tert-OH is 1. The fraction of sp³-hybridized carbons (Fsp3) is 0.556. The average molecular weight is 464 g/mol. The van der Waals surface area contributed by atoms with Crippen molar-refractivity contribution in [3.8, 4) is 11.1 Å². The number of anilines is 1. The fourth-order valence-electron chi connectivity index (χ4n) is 5.52. The summed E-state index contributed by atoms with van der Waals surface area (Å²) in [7, 11) is 1.70. The second-order valence-electron chi connectivity index (χ2n) is 10.1. The van der Waals surface area contributed by atoms with Crippen LogP contribution in [0.5, 0.6) is 0 Å². The van der Waals surface area contributed by atoms with Gasteiger partial charge in [-0.05, 0) is 81.8 Å². The van der Waals surface area contributed by atoms with Crippen molar-refractivity contribution in [2.45, 2.75) is 70.1 Å². The first kappa shape index (κ1) is 23.3. The number of hydrogen-bond donors (Lipinski definition) is 2. The van der Waals surface area contributed by atoms with E-state index in [1.165, 1.54) is 48.3 Å². The minimum Gasteiger partial charge on any atom is -0.393 e. The van der Waals surface area contributed by atoms with Crippen LogP contribution in [0, 0.1) is 0 Å². The normalized spacial score (nSPS) is 22.3. The number of nitrogens with one attached hydrogen (secondary N) is 1. The van der Waals surface area contributed by atoms with Crippen molar-refractivity contribution in [3.63, 3.8) is 0 Å². The number of likely N-dealkylation sites (tertiary alicyclic amines) is 1. The highest BCUT2D eigenvalue weighted by atomic mass is 16.5. The van der Waals surface area contributed by atoms with Gasteiger partial charge in [0.15, 0.2) is 0 Å². The molecule has 2 N–H and O–H groups in total. The summed E-state index contributed by atoms with van der Waals surface area (Å²) in [5.41, 5.74) is 6.00. The zero-order valence-corrected chi connectivity index (χ0v) is 20.4. The summed E-state index contributed by atoms with van der Waals surface area (Å²) in [6.45, 7) is 6.06. The molecule has 1 aliphatic carbocycles. The molecule has 1 saturated carbocycles. The van der Waals surface area contributed by atoms with Crippen LogP contribution in [-0.4, -0.2) is 63.6 Å². The van der Waals surface area contributed by atoms with Crippen LogP contribution in [0.3, 0.4) is 0 Å². The van der Waals surface area contributed by atoms with Crippen LogP contribution < -0.4 is 5.32 Å². The third kappa shape index (κ3) is 5.11. The molecule has 3 aromatic rings. The molecule has 1 aliphatic heterocycles. The quantitative estimate of drug-likeness (QED) is 0.514. The average Bonchev–Trinajstić information content (AvgIpc) is 3.48. The molecule has 0 unspecified atom stereocenters. The number of nitrogens with zero attached hydrogens (tertiary/aromatic N) is 4. The zero-order chi connectivity index (χ0) is 23.5. The Bertz CT molecular complexity index is 1100. The van der Waals surface area contributed by atoms with Crippen LogP contribution >= 0.6 is 0 Å². The van der Waals surface area contributed by atoms with Crippen molar-refractivity contribution >= 4 is 11.5 Å². The number of hydrogen-bond acceptors (Lipinski definition) is 6. The number of methoxy groups -OCH3 is 1. The summed E-state index contributed by atoms with van der Waals surface area (Å²) < 4.78 is 7.34. The van der Waals surface area contributed by atoms with E-state index >= 15 is 0 Å². The Morgan fingerprint density at radius 3 is 2.71 bits per heavy atom. The minimum atomic E-state index is -0.175. The molecule has 3 heterocycles. The van der Waals surface area contributed by atoms with Crippen LogP contribution in [0.4, 0.5) is 5.95 Å². The summed E-state index contributed by atoms with van der Waals surface area (Å²) >= 11 is 0. The van der Waals surface area contributed by atoms with Gasteiger partial charge in [0.25, 0.3) is 0 Å². The SMILES string of the molecule is COC[C@H](C)Nc1ncc2c(-c3cccc(CN4CCCC4)c3)cc([C@H]3CC[C@H](O)CC3)n2n1. The van der Waals surface area contributed by atoms with Crippen molar-refractivity contribution in [2.24, 2.45) is 0 Å².